The molecule has 1 amide bonds. The van der Waals surface area contributed by atoms with E-state index in [9.17, 15) is 9.59 Å². The zero-order valence-corrected chi connectivity index (χ0v) is 11.5. The number of piperidine rings is 1. The van der Waals surface area contributed by atoms with Gasteiger partial charge in [0.05, 0.1) is 19.1 Å². The predicted molar refractivity (Wildman–Crippen MR) is 69.1 cm³/mol. The Balaban J connectivity index is 2.34. The minimum absolute atomic E-state index is 0.0241. The summed E-state index contributed by atoms with van der Waals surface area (Å²) in [4.78, 5) is 23.2. The summed E-state index contributed by atoms with van der Waals surface area (Å²) in [5.74, 6) is -0.294. The number of hydrogen-bond acceptors (Lipinski definition) is 4. The Morgan fingerprint density at radius 3 is 2.78 bits per heavy atom. The van der Waals surface area contributed by atoms with Gasteiger partial charge in [0.25, 0.3) is 0 Å². The molecule has 1 rings (SSSR count). The third kappa shape index (κ3) is 4.29. The standard InChI is InChI=1S/C13H24N2O3/c1-4-18-10(16)6-9-15-12(17)11-13(2,3)7-5-8-14-11/h11,14H,4-9H2,1-3H3,(H,15,17). The Kier molecular flexibility index (Phi) is 5.59. The van der Waals surface area contributed by atoms with E-state index in [1.54, 1.807) is 6.92 Å². The van der Waals surface area contributed by atoms with Crippen molar-refractivity contribution in [3.05, 3.63) is 0 Å². The van der Waals surface area contributed by atoms with Crippen LogP contribution < -0.4 is 10.6 Å². The fraction of sp³-hybridized carbons (Fsp3) is 0.846. The first kappa shape index (κ1) is 15.0. The highest BCUT2D eigenvalue weighted by molar-refractivity contribution is 5.83. The second kappa shape index (κ2) is 6.73. The minimum atomic E-state index is -0.270. The van der Waals surface area contributed by atoms with Crippen LogP contribution in [0, 0.1) is 5.41 Å². The average Bonchev–Trinajstić information content (AvgIpc) is 2.28. The quantitative estimate of drug-likeness (QED) is 0.715. The first-order valence-electron chi connectivity index (χ1n) is 6.64. The van der Waals surface area contributed by atoms with Crippen LogP contribution in [-0.4, -0.2) is 37.6 Å². The summed E-state index contributed by atoms with van der Waals surface area (Å²) in [6.45, 7) is 7.55. The van der Waals surface area contributed by atoms with E-state index in [2.05, 4.69) is 24.5 Å². The Bertz CT molecular complexity index is 303. The molecule has 0 aliphatic carbocycles. The molecule has 5 nitrogen and oxygen atoms in total. The van der Waals surface area contributed by atoms with Crippen LogP contribution in [0.2, 0.25) is 0 Å². The fourth-order valence-corrected chi connectivity index (χ4v) is 2.28. The van der Waals surface area contributed by atoms with E-state index in [-0.39, 0.29) is 29.8 Å². The van der Waals surface area contributed by atoms with E-state index in [1.807, 2.05) is 0 Å². The number of rotatable bonds is 5. The van der Waals surface area contributed by atoms with Gasteiger partial charge in [0.2, 0.25) is 5.91 Å². The molecule has 0 aromatic heterocycles. The van der Waals surface area contributed by atoms with Crippen LogP contribution in [0.25, 0.3) is 0 Å². The molecule has 1 saturated heterocycles. The topological polar surface area (TPSA) is 67.4 Å². The van der Waals surface area contributed by atoms with E-state index in [0.29, 0.717) is 13.2 Å². The summed E-state index contributed by atoms with van der Waals surface area (Å²) in [5.41, 5.74) is -0.0355. The lowest BCUT2D eigenvalue weighted by Crippen LogP contribution is -2.55. The Morgan fingerprint density at radius 2 is 2.17 bits per heavy atom. The van der Waals surface area contributed by atoms with Crippen molar-refractivity contribution in [2.45, 2.75) is 46.1 Å². The number of carbonyl (C=O) groups excluding carboxylic acids is 2. The molecule has 0 aromatic rings. The molecule has 0 bridgehead atoms. The molecule has 0 spiro atoms. The second-order valence-corrected chi connectivity index (χ2v) is 5.33. The van der Waals surface area contributed by atoms with Crippen LogP contribution in [0.5, 0.6) is 0 Å². The van der Waals surface area contributed by atoms with Crippen LogP contribution in [0.1, 0.15) is 40.0 Å². The number of hydrogen-bond donors (Lipinski definition) is 2. The van der Waals surface area contributed by atoms with Crippen molar-refractivity contribution in [2.24, 2.45) is 5.41 Å². The van der Waals surface area contributed by atoms with Gasteiger partial charge in [-0.1, -0.05) is 13.8 Å². The molecule has 2 N–H and O–H groups in total. The van der Waals surface area contributed by atoms with Crippen molar-refractivity contribution >= 4 is 11.9 Å². The van der Waals surface area contributed by atoms with Gasteiger partial charge in [-0.15, -0.1) is 0 Å². The highest BCUT2D eigenvalue weighted by atomic mass is 16.5. The van der Waals surface area contributed by atoms with Gasteiger partial charge in [0.1, 0.15) is 0 Å². The van der Waals surface area contributed by atoms with Crippen molar-refractivity contribution < 1.29 is 14.3 Å². The lowest BCUT2D eigenvalue weighted by molar-refractivity contribution is -0.143. The summed E-state index contributed by atoms with van der Waals surface area (Å²) in [5, 5.41) is 6.04. The van der Waals surface area contributed by atoms with E-state index in [0.717, 1.165) is 19.4 Å². The van der Waals surface area contributed by atoms with Gasteiger partial charge in [0, 0.05) is 6.54 Å². The normalized spacial score (nSPS) is 22.3. The van der Waals surface area contributed by atoms with Crippen molar-refractivity contribution in [3.8, 4) is 0 Å². The summed E-state index contributed by atoms with van der Waals surface area (Å²) in [6.07, 6.45) is 2.36. The molecule has 0 saturated carbocycles. The monoisotopic (exact) mass is 256 g/mol. The van der Waals surface area contributed by atoms with E-state index < -0.39 is 0 Å². The Labute approximate surface area is 109 Å². The highest BCUT2D eigenvalue weighted by Gasteiger charge is 2.36. The number of carbonyl (C=O) groups is 2. The molecule has 1 aliphatic heterocycles. The van der Waals surface area contributed by atoms with Gasteiger partial charge < -0.3 is 15.4 Å². The maximum Gasteiger partial charge on any atom is 0.307 e. The molecule has 104 valence electrons. The van der Waals surface area contributed by atoms with Crippen molar-refractivity contribution in [2.75, 3.05) is 19.7 Å². The molecular formula is C13H24N2O3. The highest BCUT2D eigenvalue weighted by Crippen LogP contribution is 2.29. The second-order valence-electron chi connectivity index (χ2n) is 5.33. The molecule has 18 heavy (non-hydrogen) atoms. The predicted octanol–water partition coefficient (Wildman–Crippen LogP) is 0.834. The van der Waals surface area contributed by atoms with Gasteiger partial charge in [0.15, 0.2) is 0 Å². The number of esters is 1. The molecule has 1 aliphatic rings. The molecule has 5 heteroatoms. The van der Waals surface area contributed by atoms with Gasteiger partial charge in [-0.3, -0.25) is 9.59 Å². The third-order valence-corrected chi connectivity index (χ3v) is 3.32. The zero-order valence-electron chi connectivity index (χ0n) is 11.5. The molecule has 1 fully saturated rings. The first-order chi connectivity index (χ1) is 8.47. The molecule has 0 aromatic carbocycles. The largest absolute Gasteiger partial charge is 0.466 e. The van der Waals surface area contributed by atoms with E-state index >= 15 is 0 Å². The fourth-order valence-electron chi connectivity index (χ4n) is 2.28. The Morgan fingerprint density at radius 1 is 1.44 bits per heavy atom. The summed E-state index contributed by atoms with van der Waals surface area (Å²) in [6, 6.07) is -0.173. The summed E-state index contributed by atoms with van der Waals surface area (Å²) >= 11 is 0. The van der Waals surface area contributed by atoms with E-state index in [4.69, 9.17) is 4.74 Å². The molecule has 1 atom stereocenters. The smallest absolute Gasteiger partial charge is 0.307 e. The molecular weight excluding hydrogens is 232 g/mol. The minimum Gasteiger partial charge on any atom is -0.466 e. The SMILES string of the molecule is CCOC(=O)CCNC(=O)C1NCCCC1(C)C. The number of ether oxygens (including phenoxy) is 1. The Hall–Kier alpha value is -1.10. The third-order valence-electron chi connectivity index (χ3n) is 3.32. The van der Waals surface area contributed by atoms with Crippen LogP contribution in [0.3, 0.4) is 0 Å². The van der Waals surface area contributed by atoms with E-state index in [1.165, 1.54) is 0 Å². The molecule has 0 radical (unpaired) electrons. The van der Waals surface area contributed by atoms with Crippen molar-refractivity contribution in [3.63, 3.8) is 0 Å². The maximum absolute atomic E-state index is 12.0. The molecule has 1 heterocycles. The van der Waals surface area contributed by atoms with Gasteiger partial charge >= 0.3 is 5.97 Å². The van der Waals surface area contributed by atoms with Gasteiger partial charge in [-0.05, 0) is 31.7 Å². The summed E-state index contributed by atoms with van der Waals surface area (Å²) < 4.78 is 4.80. The van der Waals surface area contributed by atoms with Crippen LogP contribution in [0.4, 0.5) is 0 Å². The summed E-state index contributed by atoms with van der Waals surface area (Å²) in [7, 11) is 0. The average molecular weight is 256 g/mol. The number of amides is 1. The lowest BCUT2D eigenvalue weighted by Gasteiger charge is -2.38. The first-order valence-corrected chi connectivity index (χ1v) is 6.64. The maximum atomic E-state index is 12.0. The van der Waals surface area contributed by atoms with Crippen LogP contribution in [0.15, 0.2) is 0 Å². The van der Waals surface area contributed by atoms with Crippen molar-refractivity contribution in [1.82, 2.24) is 10.6 Å². The number of nitrogens with one attached hydrogen (secondary N) is 2. The van der Waals surface area contributed by atoms with Crippen LogP contribution in [-0.2, 0) is 14.3 Å². The van der Waals surface area contributed by atoms with Gasteiger partial charge in [-0.2, -0.15) is 0 Å². The lowest BCUT2D eigenvalue weighted by atomic mass is 9.77. The molecule has 1 unspecified atom stereocenters. The zero-order chi connectivity index (χ0) is 13.6. The van der Waals surface area contributed by atoms with Crippen LogP contribution >= 0.6 is 0 Å². The van der Waals surface area contributed by atoms with Crippen molar-refractivity contribution in [1.29, 1.82) is 0 Å². The van der Waals surface area contributed by atoms with Gasteiger partial charge in [-0.25, -0.2) is 0 Å².